The van der Waals surface area contributed by atoms with Gasteiger partial charge in [-0.25, -0.2) is 8.42 Å². The molecule has 0 bridgehead atoms. The van der Waals surface area contributed by atoms with Crippen LogP contribution in [0.2, 0.25) is 0 Å². The molecule has 0 aliphatic heterocycles. The number of carbonyl (C=O) groups excluding carboxylic acids is 1. The van der Waals surface area contributed by atoms with Gasteiger partial charge in [-0.3, -0.25) is 9.10 Å². The molecule has 8 heteroatoms. The molecule has 2 rings (SSSR count). The van der Waals surface area contributed by atoms with Crippen LogP contribution in [0.15, 0.2) is 64.0 Å². The van der Waals surface area contributed by atoms with E-state index in [1.54, 1.807) is 49.6 Å². The van der Waals surface area contributed by atoms with Gasteiger partial charge in [0.1, 0.15) is 6.54 Å². The number of hydrogen-bond acceptors (Lipinski definition) is 4. The number of ether oxygens (including phenoxy) is 1. The predicted molar refractivity (Wildman–Crippen MR) is 105 cm³/mol. The average molecular weight is 441 g/mol. The second kappa shape index (κ2) is 9.70. The van der Waals surface area contributed by atoms with E-state index in [0.29, 0.717) is 25.3 Å². The molecule has 0 saturated carbocycles. The van der Waals surface area contributed by atoms with Gasteiger partial charge >= 0.3 is 0 Å². The fourth-order valence-corrected chi connectivity index (χ4v) is 3.98. The summed E-state index contributed by atoms with van der Waals surface area (Å²) in [5.41, 5.74) is 0.420. The number of nitrogens with one attached hydrogen (secondary N) is 1. The van der Waals surface area contributed by atoms with Crippen molar-refractivity contribution in [2.45, 2.75) is 11.3 Å². The van der Waals surface area contributed by atoms with Crippen LogP contribution in [-0.2, 0) is 19.6 Å². The summed E-state index contributed by atoms with van der Waals surface area (Å²) in [5, 5.41) is 2.72. The van der Waals surface area contributed by atoms with Crippen molar-refractivity contribution in [3.63, 3.8) is 0 Å². The highest BCUT2D eigenvalue weighted by molar-refractivity contribution is 9.10. The number of benzene rings is 2. The van der Waals surface area contributed by atoms with Crippen LogP contribution in [0.3, 0.4) is 0 Å². The summed E-state index contributed by atoms with van der Waals surface area (Å²) in [7, 11) is -2.28. The van der Waals surface area contributed by atoms with Crippen LogP contribution in [0, 0.1) is 0 Å². The van der Waals surface area contributed by atoms with Gasteiger partial charge in [-0.1, -0.05) is 34.1 Å². The lowest BCUT2D eigenvalue weighted by Crippen LogP contribution is -2.41. The van der Waals surface area contributed by atoms with Crippen LogP contribution in [-0.4, -0.2) is 41.1 Å². The zero-order valence-electron chi connectivity index (χ0n) is 14.4. The molecule has 140 valence electrons. The average Bonchev–Trinajstić information content (AvgIpc) is 2.65. The molecule has 0 aliphatic carbocycles. The third-order valence-electron chi connectivity index (χ3n) is 3.58. The number of rotatable bonds is 9. The van der Waals surface area contributed by atoms with Crippen molar-refractivity contribution in [3.8, 4) is 0 Å². The van der Waals surface area contributed by atoms with E-state index in [1.807, 2.05) is 0 Å². The van der Waals surface area contributed by atoms with Crippen molar-refractivity contribution in [2.75, 3.05) is 31.1 Å². The molecule has 2 aromatic carbocycles. The number of sulfonamides is 1. The normalized spacial score (nSPS) is 11.2. The number of anilines is 1. The van der Waals surface area contributed by atoms with E-state index >= 15 is 0 Å². The highest BCUT2D eigenvalue weighted by Crippen LogP contribution is 2.25. The molecule has 0 fully saturated rings. The standard InChI is InChI=1S/C18H21BrN2O4S/c1-25-13-5-12-20-18(22)14-21(16-10-8-15(19)9-11-16)26(23,24)17-6-3-2-4-7-17/h2-4,6-11H,5,12-14H2,1H3,(H,20,22). The monoisotopic (exact) mass is 440 g/mol. The number of halogens is 1. The van der Waals surface area contributed by atoms with Crippen molar-refractivity contribution in [2.24, 2.45) is 0 Å². The highest BCUT2D eigenvalue weighted by Gasteiger charge is 2.26. The Bertz CT molecular complexity index is 811. The van der Waals surface area contributed by atoms with E-state index < -0.39 is 10.0 Å². The minimum absolute atomic E-state index is 0.134. The molecule has 0 saturated heterocycles. The van der Waals surface area contributed by atoms with Gasteiger partial charge in [-0.05, 0) is 42.8 Å². The van der Waals surface area contributed by atoms with E-state index in [0.717, 1.165) is 8.78 Å². The van der Waals surface area contributed by atoms with Crippen LogP contribution >= 0.6 is 15.9 Å². The van der Waals surface area contributed by atoms with Gasteiger partial charge in [0.25, 0.3) is 10.0 Å². The first-order valence-corrected chi connectivity index (χ1v) is 10.3. The van der Waals surface area contributed by atoms with Crippen molar-refractivity contribution in [1.82, 2.24) is 5.32 Å². The summed E-state index contributed by atoms with van der Waals surface area (Å²) in [6.07, 6.45) is 0.659. The van der Waals surface area contributed by atoms with Gasteiger partial charge in [-0.2, -0.15) is 0 Å². The Morgan fingerprint density at radius 3 is 2.38 bits per heavy atom. The van der Waals surface area contributed by atoms with Crippen molar-refractivity contribution < 1.29 is 17.9 Å². The number of amides is 1. The van der Waals surface area contributed by atoms with Gasteiger partial charge in [-0.15, -0.1) is 0 Å². The summed E-state index contributed by atoms with van der Waals surface area (Å²) >= 11 is 3.33. The van der Waals surface area contributed by atoms with Gasteiger partial charge in [0.15, 0.2) is 0 Å². The van der Waals surface area contributed by atoms with Gasteiger partial charge in [0, 0.05) is 24.7 Å². The maximum Gasteiger partial charge on any atom is 0.264 e. The smallest absolute Gasteiger partial charge is 0.264 e. The van der Waals surface area contributed by atoms with E-state index in [2.05, 4.69) is 21.2 Å². The molecule has 0 aliphatic rings. The van der Waals surface area contributed by atoms with Gasteiger partial charge in [0.2, 0.25) is 5.91 Å². The van der Waals surface area contributed by atoms with E-state index in [4.69, 9.17) is 4.74 Å². The van der Waals surface area contributed by atoms with Crippen molar-refractivity contribution >= 4 is 37.5 Å². The van der Waals surface area contributed by atoms with Crippen LogP contribution < -0.4 is 9.62 Å². The maximum atomic E-state index is 13.0. The Hall–Kier alpha value is -1.90. The molecule has 26 heavy (non-hydrogen) atoms. The molecule has 0 unspecified atom stereocenters. The summed E-state index contributed by atoms with van der Waals surface area (Å²) in [6.45, 7) is 0.650. The SMILES string of the molecule is COCCCNC(=O)CN(c1ccc(Br)cc1)S(=O)(=O)c1ccccc1. The van der Waals surface area contributed by atoms with Gasteiger partial charge < -0.3 is 10.1 Å². The molecule has 1 N–H and O–H groups in total. The first kappa shape index (κ1) is 20.4. The van der Waals surface area contributed by atoms with Crippen LogP contribution in [0.1, 0.15) is 6.42 Å². The Morgan fingerprint density at radius 2 is 1.77 bits per heavy atom. The lowest BCUT2D eigenvalue weighted by atomic mass is 10.3. The molecule has 0 spiro atoms. The van der Waals surface area contributed by atoms with Crippen LogP contribution in [0.4, 0.5) is 5.69 Å². The van der Waals surface area contributed by atoms with Crippen molar-refractivity contribution in [3.05, 3.63) is 59.1 Å². The fraction of sp³-hybridized carbons (Fsp3) is 0.278. The second-order valence-electron chi connectivity index (χ2n) is 5.50. The highest BCUT2D eigenvalue weighted by atomic mass is 79.9. The third kappa shape index (κ3) is 5.55. The van der Waals surface area contributed by atoms with E-state index in [9.17, 15) is 13.2 Å². The fourth-order valence-electron chi connectivity index (χ4n) is 2.27. The predicted octanol–water partition coefficient (Wildman–Crippen LogP) is 2.80. The Kier molecular flexibility index (Phi) is 7.62. The lowest BCUT2D eigenvalue weighted by molar-refractivity contribution is -0.119. The minimum Gasteiger partial charge on any atom is -0.385 e. The second-order valence-corrected chi connectivity index (χ2v) is 8.28. The number of carbonyl (C=O) groups is 1. The summed E-state index contributed by atoms with van der Waals surface area (Å²) in [4.78, 5) is 12.4. The molecule has 6 nitrogen and oxygen atoms in total. The molecule has 0 heterocycles. The summed E-state index contributed by atoms with van der Waals surface area (Å²) < 4.78 is 33.0. The zero-order valence-corrected chi connectivity index (χ0v) is 16.8. The topological polar surface area (TPSA) is 75.7 Å². The Morgan fingerprint density at radius 1 is 1.12 bits per heavy atom. The van der Waals surface area contributed by atoms with Crippen LogP contribution in [0.5, 0.6) is 0 Å². The van der Waals surface area contributed by atoms with E-state index in [1.165, 1.54) is 12.1 Å². The quantitative estimate of drug-likeness (QED) is 0.608. The largest absolute Gasteiger partial charge is 0.385 e. The maximum absolute atomic E-state index is 13.0. The zero-order chi connectivity index (χ0) is 19.0. The lowest BCUT2D eigenvalue weighted by Gasteiger charge is -2.24. The Labute approximate surface area is 162 Å². The van der Waals surface area contributed by atoms with Gasteiger partial charge in [0.05, 0.1) is 10.6 Å². The molecular formula is C18H21BrN2O4S. The van der Waals surface area contributed by atoms with E-state index in [-0.39, 0.29) is 17.3 Å². The molecular weight excluding hydrogens is 420 g/mol. The molecule has 0 atom stereocenters. The number of nitrogens with zero attached hydrogens (tertiary/aromatic N) is 1. The third-order valence-corrected chi connectivity index (χ3v) is 5.90. The summed E-state index contributed by atoms with van der Waals surface area (Å²) in [6, 6.07) is 14.8. The Balaban J connectivity index is 2.25. The molecule has 2 aromatic rings. The van der Waals surface area contributed by atoms with Crippen LogP contribution in [0.25, 0.3) is 0 Å². The van der Waals surface area contributed by atoms with Crippen molar-refractivity contribution in [1.29, 1.82) is 0 Å². The first-order chi connectivity index (χ1) is 12.4. The number of methoxy groups -OCH3 is 1. The first-order valence-electron chi connectivity index (χ1n) is 8.04. The summed E-state index contributed by atoms with van der Waals surface area (Å²) in [5.74, 6) is -0.372. The molecule has 0 radical (unpaired) electrons. The minimum atomic E-state index is -3.86. The number of hydrogen-bond donors (Lipinski definition) is 1. The molecule has 1 amide bonds. The molecule has 0 aromatic heterocycles.